The van der Waals surface area contributed by atoms with Gasteiger partial charge in [0.05, 0.1) is 0 Å². The summed E-state index contributed by atoms with van der Waals surface area (Å²) < 4.78 is 0. The Hall–Kier alpha value is -6.70. The molecule has 0 radical (unpaired) electrons. The standard InChI is InChI=1S/C53H37N/c1-53(2)49-14-8-7-13-47(49)48-33-40(24-30-50(48)53)35-21-25-42(26-22-35)54(43-27-23-34-9-3-4-11-39(34)31-43)44-28-29-46-41(32-44)20-19-38-18-17-37-16-15-36-10-5-6-12-45(36)51(37)52(38)46/h3-33H,1-2H3. The average molecular weight is 688 g/mol. The molecule has 254 valence electrons. The van der Waals surface area contributed by atoms with Crippen LogP contribution in [0.1, 0.15) is 25.0 Å². The van der Waals surface area contributed by atoms with E-state index >= 15 is 0 Å². The maximum atomic E-state index is 2.40. The molecule has 0 fully saturated rings. The van der Waals surface area contributed by atoms with Gasteiger partial charge in [-0.1, -0.05) is 159 Å². The Morgan fingerprint density at radius 2 is 0.852 bits per heavy atom. The summed E-state index contributed by atoms with van der Waals surface area (Å²) in [5, 5.41) is 12.7. The fourth-order valence-electron chi connectivity index (χ4n) is 9.24. The van der Waals surface area contributed by atoms with E-state index in [1.54, 1.807) is 0 Å². The molecule has 0 N–H and O–H groups in total. The highest BCUT2D eigenvalue weighted by Gasteiger charge is 2.35. The van der Waals surface area contributed by atoms with Crippen molar-refractivity contribution in [3.8, 4) is 22.3 Å². The van der Waals surface area contributed by atoms with Crippen LogP contribution in [0, 0.1) is 0 Å². The first-order valence-electron chi connectivity index (χ1n) is 18.9. The zero-order valence-electron chi connectivity index (χ0n) is 30.3. The molecule has 0 saturated carbocycles. The Morgan fingerprint density at radius 3 is 1.63 bits per heavy atom. The number of benzene rings is 10. The number of hydrogen-bond acceptors (Lipinski definition) is 1. The van der Waals surface area contributed by atoms with Crippen LogP contribution in [-0.2, 0) is 5.41 Å². The lowest BCUT2D eigenvalue weighted by Crippen LogP contribution is -2.14. The van der Waals surface area contributed by atoms with Gasteiger partial charge in [0.15, 0.2) is 0 Å². The van der Waals surface area contributed by atoms with Crippen LogP contribution in [-0.4, -0.2) is 0 Å². The topological polar surface area (TPSA) is 3.24 Å². The van der Waals surface area contributed by atoms with Crippen LogP contribution in [0.5, 0.6) is 0 Å². The third kappa shape index (κ3) is 4.65. The molecule has 0 aromatic heterocycles. The van der Waals surface area contributed by atoms with Gasteiger partial charge >= 0.3 is 0 Å². The van der Waals surface area contributed by atoms with Gasteiger partial charge in [-0.05, 0) is 130 Å². The zero-order chi connectivity index (χ0) is 36.0. The van der Waals surface area contributed by atoms with Crippen molar-refractivity contribution in [1.29, 1.82) is 0 Å². The summed E-state index contributed by atoms with van der Waals surface area (Å²) in [4.78, 5) is 2.40. The van der Waals surface area contributed by atoms with Crippen LogP contribution >= 0.6 is 0 Å². The second-order valence-corrected chi connectivity index (χ2v) is 15.4. The van der Waals surface area contributed by atoms with E-state index in [1.165, 1.54) is 87.2 Å². The van der Waals surface area contributed by atoms with Gasteiger partial charge < -0.3 is 4.90 Å². The lowest BCUT2D eigenvalue weighted by molar-refractivity contribution is 0.660. The number of rotatable bonds is 4. The minimum absolute atomic E-state index is 0.00169. The third-order valence-electron chi connectivity index (χ3n) is 12.0. The van der Waals surface area contributed by atoms with Gasteiger partial charge in [0.1, 0.15) is 0 Å². The number of hydrogen-bond donors (Lipinski definition) is 0. The number of fused-ring (bicyclic) bond motifs is 11. The molecule has 0 bridgehead atoms. The fraction of sp³-hybridized carbons (Fsp3) is 0.0566. The molecule has 11 rings (SSSR count). The molecule has 0 aliphatic heterocycles. The molecule has 10 aromatic rings. The normalized spacial score (nSPS) is 13.1. The molecule has 0 unspecified atom stereocenters. The van der Waals surface area contributed by atoms with E-state index in [0.717, 1.165) is 17.1 Å². The Balaban J connectivity index is 1.06. The second-order valence-electron chi connectivity index (χ2n) is 15.4. The highest BCUT2D eigenvalue weighted by Crippen LogP contribution is 2.50. The maximum absolute atomic E-state index is 2.40. The second kappa shape index (κ2) is 11.7. The van der Waals surface area contributed by atoms with Crippen molar-refractivity contribution in [3.05, 3.63) is 199 Å². The van der Waals surface area contributed by atoms with Crippen LogP contribution in [0.3, 0.4) is 0 Å². The lowest BCUT2D eigenvalue weighted by atomic mass is 9.82. The van der Waals surface area contributed by atoms with Gasteiger partial charge in [-0.25, -0.2) is 0 Å². The van der Waals surface area contributed by atoms with Crippen molar-refractivity contribution in [1.82, 2.24) is 0 Å². The van der Waals surface area contributed by atoms with Crippen molar-refractivity contribution in [2.24, 2.45) is 0 Å². The van der Waals surface area contributed by atoms with Crippen LogP contribution in [0.25, 0.3) is 76.1 Å². The third-order valence-corrected chi connectivity index (χ3v) is 12.0. The van der Waals surface area contributed by atoms with Gasteiger partial charge in [-0.3, -0.25) is 0 Å². The van der Waals surface area contributed by atoms with Crippen molar-refractivity contribution < 1.29 is 0 Å². The fourth-order valence-corrected chi connectivity index (χ4v) is 9.24. The SMILES string of the molecule is CC1(C)c2ccccc2-c2cc(-c3ccc(N(c4ccc5ccccc5c4)c4ccc5c(ccc6ccc7ccc8ccccc8c7c65)c4)cc3)ccc21. The van der Waals surface area contributed by atoms with Gasteiger partial charge in [-0.15, -0.1) is 0 Å². The molecule has 1 heteroatoms. The van der Waals surface area contributed by atoms with Crippen LogP contribution in [0.4, 0.5) is 17.1 Å². The monoisotopic (exact) mass is 687 g/mol. The maximum Gasteiger partial charge on any atom is 0.0468 e. The van der Waals surface area contributed by atoms with E-state index < -0.39 is 0 Å². The molecule has 0 amide bonds. The highest BCUT2D eigenvalue weighted by atomic mass is 15.1. The number of anilines is 3. The minimum atomic E-state index is 0.00169. The Labute approximate surface area is 315 Å². The minimum Gasteiger partial charge on any atom is -0.310 e. The Morgan fingerprint density at radius 1 is 0.333 bits per heavy atom. The van der Waals surface area contributed by atoms with E-state index in [1.807, 2.05) is 0 Å². The van der Waals surface area contributed by atoms with E-state index in [9.17, 15) is 0 Å². The van der Waals surface area contributed by atoms with Crippen molar-refractivity contribution in [3.63, 3.8) is 0 Å². The Kier molecular flexibility index (Phi) is 6.66. The molecule has 0 heterocycles. The summed E-state index contributed by atoms with van der Waals surface area (Å²) in [6, 6.07) is 69.8. The first-order valence-corrected chi connectivity index (χ1v) is 18.9. The van der Waals surface area contributed by atoms with Crippen LogP contribution in [0.15, 0.2) is 188 Å². The van der Waals surface area contributed by atoms with Gasteiger partial charge in [0, 0.05) is 22.5 Å². The van der Waals surface area contributed by atoms with Crippen LogP contribution < -0.4 is 4.90 Å². The van der Waals surface area contributed by atoms with E-state index in [4.69, 9.17) is 0 Å². The van der Waals surface area contributed by atoms with E-state index in [0.29, 0.717) is 0 Å². The van der Waals surface area contributed by atoms with Gasteiger partial charge in [-0.2, -0.15) is 0 Å². The summed E-state index contributed by atoms with van der Waals surface area (Å²) in [7, 11) is 0. The lowest BCUT2D eigenvalue weighted by Gasteiger charge is -2.26. The average Bonchev–Trinajstić information content (AvgIpc) is 3.46. The molecule has 54 heavy (non-hydrogen) atoms. The van der Waals surface area contributed by atoms with Gasteiger partial charge in [0.25, 0.3) is 0 Å². The molecule has 10 aromatic carbocycles. The Bertz CT molecular complexity index is 3130. The predicted molar refractivity (Wildman–Crippen MR) is 232 cm³/mol. The van der Waals surface area contributed by atoms with Crippen molar-refractivity contribution in [2.75, 3.05) is 4.90 Å². The van der Waals surface area contributed by atoms with Crippen molar-refractivity contribution in [2.45, 2.75) is 19.3 Å². The quantitative estimate of drug-likeness (QED) is 0.167. The molecule has 1 nitrogen and oxygen atoms in total. The van der Waals surface area contributed by atoms with Crippen molar-refractivity contribution >= 4 is 70.9 Å². The summed E-state index contributed by atoms with van der Waals surface area (Å²) >= 11 is 0. The van der Waals surface area contributed by atoms with E-state index in [-0.39, 0.29) is 5.41 Å². The summed E-state index contributed by atoms with van der Waals surface area (Å²) in [5.74, 6) is 0. The smallest absolute Gasteiger partial charge is 0.0468 e. The first-order chi connectivity index (χ1) is 26.5. The zero-order valence-corrected chi connectivity index (χ0v) is 30.3. The molecule has 1 aliphatic carbocycles. The molecule has 0 spiro atoms. The molecule has 1 aliphatic rings. The largest absolute Gasteiger partial charge is 0.310 e. The first kappa shape index (κ1) is 30.9. The molecule has 0 saturated heterocycles. The molecular weight excluding hydrogens is 651 g/mol. The summed E-state index contributed by atoms with van der Waals surface area (Å²) in [5.41, 5.74) is 11.3. The summed E-state index contributed by atoms with van der Waals surface area (Å²) in [6.07, 6.45) is 0. The molecular formula is C53H37N. The highest BCUT2D eigenvalue weighted by molar-refractivity contribution is 6.27. The molecule has 0 atom stereocenters. The predicted octanol–water partition coefficient (Wildman–Crippen LogP) is 14.9. The summed E-state index contributed by atoms with van der Waals surface area (Å²) in [6.45, 7) is 4.68. The van der Waals surface area contributed by atoms with Gasteiger partial charge in [0.2, 0.25) is 0 Å². The number of nitrogens with zero attached hydrogens (tertiary/aromatic N) is 1. The van der Waals surface area contributed by atoms with Crippen LogP contribution in [0.2, 0.25) is 0 Å². The van der Waals surface area contributed by atoms with E-state index in [2.05, 4.69) is 207 Å².